The van der Waals surface area contributed by atoms with Crippen LogP contribution in [0.25, 0.3) is 0 Å². The summed E-state index contributed by atoms with van der Waals surface area (Å²) in [7, 11) is 0. The van der Waals surface area contributed by atoms with Gasteiger partial charge in [0, 0.05) is 12.5 Å². The quantitative estimate of drug-likeness (QED) is 0.544. The van der Waals surface area contributed by atoms with Crippen molar-refractivity contribution in [3.8, 4) is 0 Å². The maximum atomic E-state index is 8.79. The zero-order chi connectivity index (χ0) is 7.40. The second-order valence-electron chi connectivity index (χ2n) is 2.49. The first-order valence-corrected chi connectivity index (χ1v) is 3.50. The molecule has 0 aromatic heterocycles. The van der Waals surface area contributed by atoms with Crippen LogP contribution in [0, 0.1) is 0 Å². The molecule has 0 saturated carbocycles. The number of aliphatic hydroxyl groups is 1. The molecule has 1 aromatic rings. The molecule has 0 spiro atoms. The summed E-state index contributed by atoms with van der Waals surface area (Å²) in [5, 5.41) is 8.79. The van der Waals surface area contributed by atoms with Crippen molar-refractivity contribution in [1.82, 2.24) is 0 Å². The van der Waals surface area contributed by atoms with E-state index in [1.165, 1.54) is 5.56 Å². The van der Waals surface area contributed by atoms with E-state index in [1.807, 2.05) is 37.3 Å². The first kappa shape index (κ1) is 11.2. The van der Waals surface area contributed by atoms with Gasteiger partial charge in [-0.15, -0.1) is 0 Å². The van der Waals surface area contributed by atoms with Gasteiger partial charge in [0.2, 0.25) is 0 Å². The normalized spacial score (nSPS) is 11.8. The van der Waals surface area contributed by atoms with E-state index < -0.39 is 0 Å². The molecule has 0 heterocycles. The van der Waals surface area contributed by atoms with Gasteiger partial charge in [-0.3, -0.25) is 0 Å². The predicted octanol–water partition coefficient (Wildman–Crippen LogP) is -1.10. The molecule has 1 nitrogen and oxygen atoms in total. The van der Waals surface area contributed by atoms with Gasteiger partial charge in [-0.2, -0.15) is 0 Å². The van der Waals surface area contributed by atoms with Crippen molar-refractivity contribution >= 4 is 0 Å². The molecule has 0 aliphatic heterocycles. The molecular formula is C9H13NaO. The van der Waals surface area contributed by atoms with Crippen LogP contribution >= 0.6 is 0 Å². The number of hydrogen-bond donors (Lipinski definition) is 1. The SMILES string of the molecule is CC(CO)c1ccccc1.[H-].[Na+]. The molecule has 0 saturated heterocycles. The third-order valence-electron chi connectivity index (χ3n) is 1.64. The molecule has 11 heavy (non-hydrogen) atoms. The second-order valence-corrected chi connectivity index (χ2v) is 2.49. The zero-order valence-corrected chi connectivity index (χ0v) is 9.12. The molecular weight excluding hydrogens is 147 g/mol. The van der Waals surface area contributed by atoms with Crippen LogP contribution in [0.3, 0.4) is 0 Å². The maximum absolute atomic E-state index is 8.79. The van der Waals surface area contributed by atoms with Crippen molar-refractivity contribution in [2.24, 2.45) is 0 Å². The summed E-state index contributed by atoms with van der Waals surface area (Å²) in [5.41, 5.74) is 1.20. The number of benzene rings is 1. The Morgan fingerprint density at radius 3 is 2.36 bits per heavy atom. The molecule has 0 amide bonds. The monoisotopic (exact) mass is 160 g/mol. The predicted molar refractivity (Wildman–Crippen MR) is 43.1 cm³/mol. The van der Waals surface area contributed by atoms with Crippen molar-refractivity contribution in [2.45, 2.75) is 12.8 Å². The third kappa shape index (κ3) is 3.39. The van der Waals surface area contributed by atoms with Crippen molar-refractivity contribution in [3.63, 3.8) is 0 Å². The minimum atomic E-state index is 0. The smallest absolute Gasteiger partial charge is 1.00 e. The Morgan fingerprint density at radius 2 is 1.91 bits per heavy atom. The van der Waals surface area contributed by atoms with Gasteiger partial charge in [-0.25, -0.2) is 0 Å². The van der Waals surface area contributed by atoms with Crippen molar-refractivity contribution in [1.29, 1.82) is 0 Å². The maximum Gasteiger partial charge on any atom is 1.00 e. The molecule has 0 aliphatic rings. The van der Waals surface area contributed by atoms with Crippen molar-refractivity contribution in [3.05, 3.63) is 35.9 Å². The fourth-order valence-electron chi connectivity index (χ4n) is 0.887. The van der Waals surface area contributed by atoms with Gasteiger partial charge in [0.25, 0.3) is 0 Å². The summed E-state index contributed by atoms with van der Waals surface area (Å²) in [6, 6.07) is 10.0. The van der Waals surface area contributed by atoms with Gasteiger partial charge in [0.1, 0.15) is 0 Å². The molecule has 2 heteroatoms. The second kappa shape index (κ2) is 5.78. The van der Waals surface area contributed by atoms with Gasteiger partial charge in [-0.05, 0) is 5.56 Å². The van der Waals surface area contributed by atoms with Crippen LogP contribution in [0.5, 0.6) is 0 Å². The summed E-state index contributed by atoms with van der Waals surface area (Å²) in [4.78, 5) is 0. The first-order valence-electron chi connectivity index (χ1n) is 3.50. The average molecular weight is 160 g/mol. The Labute approximate surface area is 91.2 Å². The van der Waals surface area contributed by atoms with E-state index in [4.69, 9.17) is 5.11 Å². The summed E-state index contributed by atoms with van der Waals surface area (Å²) >= 11 is 0. The molecule has 1 unspecified atom stereocenters. The minimum Gasteiger partial charge on any atom is -1.00 e. The average Bonchev–Trinajstić information content (AvgIpc) is 2.05. The van der Waals surface area contributed by atoms with Crippen LogP contribution in [0.15, 0.2) is 30.3 Å². The van der Waals surface area contributed by atoms with Crippen LogP contribution in [0.4, 0.5) is 0 Å². The zero-order valence-electron chi connectivity index (χ0n) is 8.12. The first-order chi connectivity index (χ1) is 4.84. The van der Waals surface area contributed by atoms with E-state index >= 15 is 0 Å². The Balaban J connectivity index is 0. The minimum absolute atomic E-state index is 0. The Hall–Kier alpha value is 0.180. The van der Waals surface area contributed by atoms with Crippen molar-refractivity contribution in [2.75, 3.05) is 6.61 Å². The van der Waals surface area contributed by atoms with Crippen LogP contribution < -0.4 is 29.6 Å². The Morgan fingerprint density at radius 1 is 1.36 bits per heavy atom. The van der Waals surface area contributed by atoms with Gasteiger partial charge < -0.3 is 6.53 Å². The molecule has 0 fully saturated rings. The van der Waals surface area contributed by atoms with Gasteiger partial charge in [-0.1, -0.05) is 37.3 Å². The van der Waals surface area contributed by atoms with Gasteiger partial charge in [0.15, 0.2) is 0 Å². The van der Waals surface area contributed by atoms with E-state index in [0.29, 0.717) is 0 Å². The fourth-order valence-corrected chi connectivity index (χ4v) is 0.887. The van der Waals surface area contributed by atoms with Crippen LogP contribution in [0.1, 0.15) is 19.8 Å². The molecule has 1 atom stereocenters. The van der Waals surface area contributed by atoms with E-state index in [1.54, 1.807) is 0 Å². The largest absolute Gasteiger partial charge is 1.00 e. The molecule has 0 radical (unpaired) electrons. The van der Waals surface area contributed by atoms with Gasteiger partial charge in [0.05, 0.1) is 0 Å². The van der Waals surface area contributed by atoms with Crippen molar-refractivity contribution < 1.29 is 36.1 Å². The number of rotatable bonds is 2. The topological polar surface area (TPSA) is 20.2 Å². The number of hydrogen-bond acceptors (Lipinski definition) is 1. The van der Waals surface area contributed by atoms with E-state index in [0.717, 1.165) is 0 Å². The summed E-state index contributed by atoms with van der Waals surface area (Å²) in [6.07, 6.45) is 0. The molecule has 0 bridgehead atoms. The molecule has 0 aliphatic carbocycles. The van der Waals surface area contributed by atoms with E-state index in [2.05, 4.69) is 0 Å². The Kier molecular flexibility index (Phi) is 5.88. The summed E-state index contributed by atoms with van der Waals surface area (Å²) in [6.45, 7) is 2.24. The standard InChI is InChI=1S/C9H12O.Na.H/c1-8(7-10)9-5-3-2-4-6-9;;/h2-6,8,10H,7H2,1H3;;/q;+1;-1. The van der Waals surface area contributed by atoms with E-state index in [-0.39, 0.29) is 43.5 Å². The van der Waals surface area contributed by atoms with E-state index in [9.17, 15) is 0 Å². The van der Waals surface area contributed by atoms with Gasteiger partial charge >= 0.3 is 29.6 Å². The molecule has 56 valence electrons. The van der Waals surface area contributed by atoms with Crippen LogP contribution in [0.2, 0.25) is 0 Å². The van der Waals surface area contributed by atoms with Crippen LogP contribution in [-0.2, 0) is 0 Å². The summed E-state index contributed by atoms with van der Waals surface area (Å²) in [5.74, 6) is 0.265. The Bertz CT molecular complexity index is 191. The fraction of sp³-hybridized carbons (Fsp3) is 0.333. The molecule has 1 aromatic carbocycles. The van der Waals surface area contributed by atoms with Crippen LogP contribution in [-0.4, -0.2) is 11.7 Å². The molecule has 1 rings (SSSR count). The number of aliphatic hydroxyl groups excluding tert-OH is 1. The third-order valence-corrected chi connectivity index (χ3v) is 1.64. The molecule has 1 N–H and O–H groups in total. The summed E-state index contributed by atoms with van der Waals surface area (Å²) < 4.78 is 0.